The first-order valence-electron chi connectivity index (χ1n) is 7.75. The second kappa shape index (κ2) is 8.23. The molecule has 1 aromatic rings. The smallest absolute Gasteiger partial charge is 0.322 e. The molecule has 9 nitrogen and oxygen atoms in total. The molecular weight excluding hydrogens is 300 g/mol. The van der Waals surface area contributed by atoms with Gasteiger partial charge in [0.05, 0.1) is 32.5 Å². The fourth-order valence-electron chi connectivity index (χ4n) is 2.08. The van der Waals surface area contributed by atoms with Crippen LogP contribution in [0.5, 0.6) is 6.01 Å². The summed E-state index contributed by atoms with van der Waals surface area (Å²) in [6.45, 7) is 8.73. The van der Waals surface area contributed by atoms with Gasteiger partial charge in [-0.05, 0) is 13.8 Å². The molecule has 0 atom stereocenters. The Balaban J connectivity index is 1.94. The number of nitrogens with one attached hydrogen (secondary N) is 2. The van der Waals surface area contributed by atoms with Crippen molar-refractivity contribution in [2.75, 3.05) is 63.7 Å². The third kappa shape index (κ3) is 5.77. The van der Waals surface area contributed by atoms with Gasteiger partial charge in [-0.25, -0.2) is 0 Å². The van der Waals surface area contributed by atoms with E-state index in [1.165, 1.54) is 7.11 Å². The Morgan fingerprint density at radius 3 is 2.57 bits per heavy atom. The third-order valence-corrected chi connectivity index (χ3v) is 3.46. The van der Waals surface area contributed by atoms with E-state index >= 15 is 0 Å². The van der Waals surface area contributed by atoms with Crippen LogP contribution in [0.15, 0.2) is 0 Å². The minimum absolute atomic E-state index is 0.0409. The van der Waals surface area contributed by atoms with Crippen molar-refractivity contribution in [3.63, 3.8) is 0 Å². The van der Waals surface area contributed by atoms with Crippen LogP contribution in [0, 0.1) is 0 Å². The maximum atomic E-state index is 9.34. The maximum Gasteiger partial charge on any atom is 0.322 e. The number of aliphatic hydroxyl groups is 1. The molecule has 2 rings (SSSR count). The van der Waals surface area contributed by atoms with E-state index in [1.807, 2.05) is 13.8 Å². The molecule has 2 heterocycles. The molecule has 0 radical (unpaired) electrons. The first-order valence-corrected chi connectivity index (χ1v) is 7.75. The molecule has 1 aliphatic rings. The van der Waals surface area contributed by atoms with Crippen LogP contribution in [0.1, 0.15) is 13.8 Å². The van der Waals surface area contributed by atoms with Crippen LogP contribution in [-0.4, -0.2) is 83.6 Å². The lowest BCUT2D eigenvalue weighted by molar-refractivity contribution is 0.0398. The predicted octanol–water partition coefficient (Wildman–Crippen LogP) is -0.193. The third-order valence-electron chi connectivity index (χ3n) is 3.46. The molecule has 9 heteroatoms. The van der Waals surface area contributed by atoms with Gasteiger partial charge in [0.25, 0.3) is 0 Å². The summed E-state index contributed by atoms with van der Waals surface area (Å²) in [7, 11) is 1.51. The van der Waals surface area contributed by atoms with Crippen LogP contribution in [-0.2, 0) is 4.74 Å². The van der Waals surface area contributed by atoms with Gasteiger partial charge < -0.3 is 25.2 Å². The average molecular weight is 326 g/mol. The van der Waals surface area contributed by atoms with Crippen molar-refractivity contribution in [3.05, 3.63) is 0 Å². The Hall–Kier alpha value is -1.71. The van der Waals surface area contributed by atoms with E-state index in [9.17, 15) is 5.11 Å². The Morgan fingerprint density at radius 2 is 1.91 bits per heavy atom. The molecule has 0 spiro atoms. The number of aromatic nitrogens is 3. The van der Waals surface area contributed by atoms with E-state index < -0.39 is 5.54 Å². The zero-order valence-electron chi connectivity index (χ0n) is 14.0. The lowest BCUT2D eigenvalue weighted by atomic mass is 10.1. The minimum atomic E-state index is -0.530. The quantitative estimate of drug-likeness (QED) is 0.599. The summed E-state index contributed by atoms with van der Waals surface area (Å²) in [5.74, 6) is 0.811. The summed E-state index contributed by atoms with van der Waals surface area (Å²) in [5, 5.41) is 15.6. The molecule has 0 unspecified atom stereocenters. The van der Waals surface area contributed by atoms with Crippen LogP contribution < -0.4 is 15.4 Å². The molecule has 0 aliphatic carbocycles. The summed E-state index contributed by atoms with van der Waals surface area (Å²) >= 11 is 0. The predicted molar refractivity (Wildman–Crippen MR) is 86.9 cm³/mol. The van der Waals surface area contributed by atoms with Gasteiger partial charge in [0.2, 0.25) is 11.9 Å². The van der Waals surface area contributed by atoms with Crippen molar-refractivity contribution < 1.29 is 14.6 Å². The monoisotopic (exact) mass is 326 g/mol. The largest absolute Gasteiger partial charge is 0.467 e. The first kappa shape index (κ1) is 17.6. The Labute approximate surface area is 136 Å². The molecule has 3 N–H and O–H groups in total. The number of anilines is 2. The van der Waals surface area contributed by atoms with Crippen LogP contribution in [0.3, 0.4) is 0 Å². The second-order valence-electron chi connectivity index (χ2n) is 6.02. The molecule has 0 amide bonds. The molecule has 0 bridgehead atoms. The van der Waals surface area contributed by atoms with Crippen LogP contribution >= 0.6 is 0 Å². The summed E-state index contributed by atoms with van der Waals surface area (Å²) in [6.07, 6.45) is 0. The molecule has 1 aliphatic heterocycles. The molecule has 130 valence electrons. The fourth-order valence-corrected chi connectivity index (χ4v) is 2.08. The second-order valence-corrected chi connectivity index (χ2v) is 6.02. The minimum Gasteiger partial charge on any atom is -0.467 e. The number of ether oxygens (including phenoxy) is 2. The summed E-state index contributed by atoms with van der Waals surface area (Å²) in [4.78, 5) is 15.0. The Bertz CT molecular complexity index is 493. The van der Waals surface area contributed by atoms with E-state index in [0.29, 0.717) is 11.9 Å². The standard InChI is InChI=1S/C14H26N6O3/c1-14(2,10-21)19-12-16-11(17-13(18-12)22-3)15-4-5-20-6-8-23-9-7-20/h21H,4-10H2,1-3H3,(H2,15,16,17,18,19). The summed E-state index contributed by atoms with van der Waals surface area (Å²) < 4.78 is 10.4. The van der Waals surface area contributed by atoms with E-state index in [0.717, 1.165) is 39.4 Å². The molecule has 0 saturated carbocycles. The van der Waals surface area contributed by atoms with Crippen molar-refractivity contribution >= 4 is 11.9 Å². The summed E-state index contributed by atoms with van der Waals surface area (Å²) in [5.41, 5.74) is -0.530. The number of methoxy groups -OCH3 is 1. The number of morpholine rings is 1. The molecule has 1 aromatic heterocycles. The van der Waals surface area contributed by atoms with Crippen molar-refractivity contribution in [2.45, 2.75) is 19.4 Å². The topological polar surface area (TPSA) is 105 Å². The highest BCUT2D eigenvalue weighted by molar-refractivity contribution is 5.37. The number of aliphatic hydroxyl groups excluding tert-OH is 1. The number of nitrogens with zero attached hydrogens (tertiary/aromatic N) is 4. The number of hydrogen-bond donors (Lipinski definition) is 3. The molecular formula is C14H26N6O3. The molecule has 23 heavy (non-hydrogen) atoms. The zero-order chi connectivity index (χ0) is 16.7. The van der Waals surface area contributed by atoms with E-state index in [-0.39, 0.29) is 12.6 Å². The maximum absolute atomic E-state index is 9.34. The van der Waals surface area contributed by atoms with Crippen LogP contribution in [0.25, 0.3) is 0 Å². The molecule has 1 saturated heterocycles. The van der Waals surface area contributed by atoms with E-state index in [1.54, 1.807) is 0 Å². The van der Waals surface area contributed by atoms with Gasteiger partial charge in [-0.15, -0.1) is 0 Å². The highest BCUT2D eigenvalue weighted by Crippen LogP contribution is 2.15. The van der Waals surface area contributed by atoms with Crippen LogP contribution in [0.2, 0.25) is 0 Å². The fraction of sp³-hybridized carbons (Fsp3) is 0.786. The van der Waals surface area contributed by atoms with Gasteiger partial charge in [0.15, 0.2) is 0 Å². The highest BCUT2D eigenvalue weighted by atomic mass is 16.5. The van der Waals surface area contributed by atoms with Gasteiger partial charge in [-0.1, -0.05) is 0 Å². The van der Waals surface area contributed by atoms with Gasteiger partial charge in [-0.2, -0.15) is 15.0 Å². The lowest BCUT2D eigenvalue weighted by Gasteiger charge is -2.26. The number of hydrogen-bond acceptors (Lipinski definition) is 9. The zero-order valence-corrected chi connectivity index (χ0v) is 14.0. The highest BCUT2D eigenvalue weighted by Gasteiger charge is 2.19. The van der Waals surface area contributed by atoms with Gasteiger partial charge in [-0.3, -0.25) is 4.90 Å². The first-order chi connectivity index (χ1) is 11.0. The average Bonchev–Trinajstić information content (AvgIpc) is 2.55. The normalized spacial score (nSPS) is 16.2. The lowest BCUT2D eigenvalue weighted by Crippen LogP contribution is -2.39. The van der Waals surface area contributed by atoms with Crippen molar-refractivity contribution in [2.24, 2.45) is 0 Å². The van der Waals surface area contributed by atoms with Crippen molar-refractivity contribution in [1.29, 1.82) is 0 Å². The van der Waals surface area contributed by atoms with Gasteiger partial charge in [0, 0.05) is 26.2 Å². The van der Waals surface area contributed by atoms with Crippen molar-refractivity contribution in [3.8, 4) is 6.01 Å². The Kier molecular flexibility index (Phi) is 6.31. The van der Waals surface area contributed by atoms with Gasteiger partial charge in [0.1, 0.15) is 0 Å². The SMILES string of the molecule is COc1nc(NCCN2CCOCC2)nc(NC(C)(C)CO)n1. The van der Waals surface area contributed by atoms with Crippen LogP contribution in [0.4, 0.5) is 11.9 Å². The number of rotatable bonds is 8. The van der Waals surface area contributed by atoms with Gasteiger partial charge >= 0.3 is 6.01 Å². The van der Waals surface area contributed by atoms with E-state index in [2.05, 4.69) is 30.5 Å². The Morgan fingerprint density at radius 1 is 1.22 bits per heavy atom. The van der Waals surface area contributed by atoms with Crippen molar-refractivity contribution in [1.82, 2.24) is 19.9 Å². The van der Waals surface area contributed by atoms with E-state index in [4.69, 9.17) is 9.47 Å². The summed E-state index contributed by atoms with van der Waals surface area (Å²) in [6, 6.07) is 0.227. The molecule has 0 aromatic carbocycles. The molecule has 1 fully saturated rings.